The molecule has 0 heterocycles. The van der Waals surface area contributed by atoms with Gasteiger partial charge in [0.2, 0.25) is 0 Å². The van der Waals surface area contributed by atoms with Crippen LogP contribution in [0.15, 0.2) is 30.3 Å². The molecule has 1 aromatic rings. The summed E-state index contributed by atoms with van der Waals surface area (Å²) in [6, 6.07) is 11.0. The fraction of sp³-hybridized carbons (Fsp3) is 0.647. The van der Waals surface area contributed by atoms with Crippen molar-refractivity contribution in [1.82, 2.24) is 0 Å². The summed E-state index contributed by atoms with van der Waals surface area (Å²) in [6.07, 6.45) is 3.56. The Morgan fingerprint density at radius 1 is 1.25 bits per heavy atom. The van der Waals surface area contributed by atoms with Crippen LogP contribution in [0.5, 0.6) is 0 Å². The largest absolute Gasteiger partial charge is 1.00 e. The molecule has 1 unspecified atom stereocenters. The maximum absolute atomic E-state index is 10.6. The SMILES string of the molecule is C[Se+](C[C@]12CC[C@H](C[C@H]1O)C2(C)C)c1ccccc1.[Cl-]. The van der Waals surface area contributed by atoms with E-state index in [-0.39, 0.29) is 23.9 Å². The van der Waals surface area contributed by atoms with Crippen LogP contribution in [0.25, 0.3) is 0 Å². The molecule has 1 aromatic carbocycles. The van der Waals surface area contributed by atoms with E-state index in [1.54, 1.807) is 0 Å². The molecule has 2 saturated carbocycles. The van der Waals surface area contributed by atoms with Crippen molar-refractivity contribution in [1.29, 1.82) is 0 Å². The molecule has 20 heavy (non-hydrogen) atoms. The van der Waals surface area contributed by atoms with Gasteiger partial charge in [0.25, 0.3) is 0 Å². The number of benzene rings is 1. The summed E-state index contributed by atoms with van der Waals surface area (Å²) >= 11 is -0.804. The van der Waals surface area contributed by atoms with Gasteiger partial charge in [0.1, 0.15) is 0 Å². The van der Waals surface area contributed by atoms with Gasteiger partial charge in [-0.3, -0.25) is 0 Å². The first-order chi connectivity index (χ1) is 8.97. The Morgan fingerprint density at radius 2 is 1.90 bits per heavy atom. The smallest absolute Gasteiger partial charge is 1.00 e. The predicted molar refractivity (Wildman–Crippen MR) is 82.1 cm³/mol. The first kappa shape index (κ1) is 16.4. The van der Waals surface area contributed by atoms with Crippen molar-refractivity contribution in [3.05, 3.63) is 30.3 Å². The van der Waals surface area contributed by atoms with Crippen molar-refractivity contribution in [3.63, 3.8) is 0 Å². The minimum absolute atomic E-state index is 0. The fourth-order valence-corrected chi connectivity index (χ4v) is 9.26. The van der Waals surface area contributed by atoms with Crippen LogP contribution in [0.2, 0.25) is 11.1 Å². The van der Waals surface area contributed by atoms with E-state index >= 15 is 0 Å². The Hall–Kier alpha value is -0.0105. The summed E-state index contributed by atoms with van der Waals surface area (Å²) in [7, 11) is 0. The number of halogens is 1. The van der Waals surface area contributed by atoms with E-state index in [1.165, 1.54) is 22.6 Å². The molecule has 2 aliphatic rings. The topological polar surface area (TPSA) is 20.2 Å². The Morgan fingerprint density at radius 3 is 2.40 bits per heavy atom. The third kappa shape index (κ3) is 2.25. The van der Waals surface area contributed by atoms with Gasteiger partial charge < -0.3 is 12.4 Å². The van der Waals surface area contributed by atoms with Crippen LogP contribution >= 0.6 is 0 Å². The normalized spacial score (nSPS) is 35.6. The molecular formula is C17H25ClOSe. The van der Waals surface area contributed by atoms with Crippen LogP contribution in [-0.4, -0.2) is 25.1 Å². The minimum atomic E-state index is -0.804. The van der Waals surface area contributed by atoms with Crippen LogP contribution in [0.4, 0.5) is 0 Å². The van der Waals surface area contributed by atoms with Crippen LogP contribution in [0.3, 0.4) is 0 Å². The molecule has 3 rings (SSSR count). The molecule has 0 saturated heterocycles. The van der Waals surface area contributed by atoms with Gasteiger partial charge in [-0.2, -0.15) is 0 Å². The summed E-state index contributed by atoms with van der Waals surface area (Å²) in [5.41, 5.74) is 0.534. The average Bonchev–Trinajstić information content (AvgIpc) is 2.74. The summed E-state index contributed by atoms with van der Waals surface area (Å²) in [6.45, 7) is 4.82. The first-order valence-electron chi connectivity index (χ1n) is 7.33. The second-order valence-electron chi connectivity index (χ2n) is 6.96. The van der Waals surface area contributed by atoms with Crippen LogP contribution in [-0.2, 0) is 0 Å². The van der Waals surface area contributed by atoms with Gasteiger partial charge in [-0.25, -0.2) is 0 Å². The molecule has 0 aliphatic heterocycles. The standard InChI is InChI=1S/C17H25OSe.ClH/c1-16(2)13-9-10-17(16,15(18)11-13)12-19(3)14-7-5-4-6-8-14;/h4-8,13,15,18H,9-12H2,1-3H3;1H/q+1;/p-1/t13-,15-,17-,19?;/m1./s1. The number of fused-ring (bicyclic) bond motifs is 2. The Balaban J connectivity index is 0.00000147. The maximum atomic E-state index is 10.6. The molecule has 0 amide bonds. The zero-order valence-corrected chi connectivity index (χ0v) is 15.1. The van der Waals surface area contributed by atoms with Gasteiger partial charge in [-0.1, -0.05) is 0 Å². The molecule has 1 nitrogen and oxygen atoms in total. The van der Waals surface area contributed by atoms with Gasteiger partial charge in [0, 0.05) is 0 Å². The van der Waals surface area contributed by atoms with Crippen LogP contribution < -0.4 is 16.9 Å². The van der Waals surface area contributed by atoms with E-state index in [0.717, 1.165) is 12.3 Å². The molecule has 2 fully saturated rings. The van der Waals surface area contributed by atoms with E-state index < -0.39 is 13.9 Å². The summed E-state index contributed by atoms with van der Waals surface area (Å²) in [4.78, 5) is 0. The Labute approximate surface area is 133 Å². The molecule has 2 aliphatic carbocycles. The molecule has 2 bridgehead atoms. The van der Waals surface area contributed by atoms with Crippen molar-refractivity contribution < 1.29 is 17.5 Å². The molecule has 0 spiro atoms. The van der Waals surface area contributed by atoms with Gasteiger partial charge in [0.05, 0.1) is 0 Å². The van der Waals surface area contributed by atoms with Crippen molar-refractivity contribution >= 4 is 18.4 Å². The summed E-state index contributed by atoms with van der Waals surface area (Å²) in [5, 5.41) is 11.9. The van der Waals surface area contributed by atoms with E-state index in [4.69, 9.17) is 0 Å². The molecular weight excluding hydrogens is 335 g/mol. The van der Waals surface area contributed by atoms with Gasteiger partial charge in [-0.15, -0.1) is 0 Å². The maximum Gasteiger partial charge on any atom is -1.00 e. The van der Waals surface area contributed by atoms with Crippen molar-refractivity contribution in [2.45, 2.75) is 50.4 Å². The summed E-state index contributed by atoms with van der Waals surface area (Å²) < 4.78 is 1.54. The molecule has 0 aromatic heterocycles. The second kappa shape index (κ2) is 5.65. The molecule has 3 heteroatoms. The quantitative estimate of drug-likeness (QED) is 0.765. The average molecular weight is 360 g/mol. The molecule has 4 atom stereocenters. The van der Waals surface area contributed by atoms with E-state index in [2.05, 4.69) is 50.0 Å². The number of aliphatic hydroxyl groups excluding tert-OH is 1. The monoisotopic (exact) mass is 360 g/mol. The van der Waals surface area contributed by atoms with Gasteiger partial charge in [0.15, 0.2) is 0 Å². The van der Waals surface area contributed by atoms with Crippen LogP contribution in [0, 0.1) is 16.7 Å². The van der Waals surface area contributed by atoms with E-state index in [9.17, 15) is 5.11 Å². The third-order valence-corrected chi connectivity index (χ3v) is 10.3. The second-order valence-corrected chi connectivity index (χ2v) is 11.2. The summed E-state index contributed by atoms with van der Waals surface area (Å²) in [5.74, 6) is 3.19. The number of hydrogen-bond acceptors (Lipinski definition) is 1. The fourth-order valence-electron chi connectivity index (χ4n) is 4.50. The van der Waals surface area contributed by atoms with Gasteiger partial charge >= 0.3 is 121 Å². The number of hydrogen-bond donors (Lipinski definition) is 1. The zero-order chi connectivity index (χ0) is 13.7. The zero-order valence-electron chi connectivity index (χ0n) is 12.6. The molecule has 112 valence electrons. The first-order valence-corrected chi connectivity index (χ1v) is 11.1. The number of rotatable bonds is 3. The Kier molecular flexibility index (Phi) is 4.62. The van der Waals surface area contributed by atoms with E-state index in [1.807, 2.05) is 0 Å². The van der Waals surface area contributed by atoms with Crippen LogP contribution in [0.1, 0.15) is 33.1 Å². The minimum Gasteiger partial charge on any atom is -1.00 e. The Bertz CT molecular complexity index is 461. The predicted octanol–water partition coefficient (Wildman–Crippen LogP) is 0.209. The number of aliphatic hydroxyl groups is 1. The van der Waals surface area contributed by atoms with Crippen molar-refractivity contribution in [3.8, 4) is 0 Å². The molecule has 0 radical (unpaired) electrons. The van der Waals surface area contributed by atoms with Crippen molar-refractivity contribution in [2.24, 2.45) is 16.7 Å². The van der Waals surface area contributed by atoms with E-state index in [0.29, 0.717) is 5.41 Å². The van der Waals surface area contributed by atoms with Gasteiger partial charge in [-0.05, 0) is 0 Å². The van der Waals surface area contributed by atoms with Crippen molar-refractivity contribution in [2.75, 3.05) is 0 Å². The molecule has 1 N–H and O–H groups in total. The third-order valence-electron chi connectivity index (χ3n) is 6.01.